The highest BCUT2D eigenvalue weighted by Gasteiger charge is 2.14. The van der Waals surface area contributed by atoms with Crippen LogP contribution in [0.5, 0.6) is 0 Å². The molecule has 18 heavy (non-hydrogen) atoms. The highest BCUT2D eigenvalue weighted by atomic mass is 16.2. The van der Waals surface area contributed by atoms with Crippen molar-refractivity contribution in [3.63, 3.8) is 0 Å². The molecule has 3 N–H and O–H groups in total. The second kappa shape index (κ2) is 5.40. The van der Waals surface area contributed by atoms with Gasteiger partial charge in [0.15, 0.2) is 0 Å². The minimum atomic E-state index is -0.450. The van der Waals surface area contributed by atoms with Gasteiger partial charge < -0.3 is 16.0 Å². The van der Waals surface area contributed by atoms with Crippen LogP contribution < -0.4 is 16.0 Å². The number of carbonyl (C=O) groups is 1. The Bertz CT molecular complexity index is 443. The topological polar surface area (TPSA) is 58.4 Å². The van der Waals surface area contributed by atoms with Gasteiger partial charge in [-0.1, -0.05) is 12.1 Å². The van der Waals surface area contributed by atoms with Crippen molar-refractivity contribution in [2.45, 2.75) is 32.4 Å². The smallest absolute Gasteiger partial charge is 0.236 e. The zero-order valence-corrected chi connectivity index (χ0v) is 11.1. The Morgan fingerprint density at radius 2 is 2.33 bits per heavy atom. The van der Waals surface area contributed by atoms with Crippen molar-refractivity contribution >= 4 is 11.6 Å². The van der Waals surface area contributed by atoms with Crippen molar-refractivity contribution in [3.05, 3.63) is 29.3 Å². The van der Waals surface area contributed by atoms with Crippen molar-refractivity contribution in [3.8, 4) is 0 Å². The number of nitrogens with two attached hydrogens (primary N) is 1. The van der Waals surface area contributed by atoms with Gasteiger partial charge in [-0.25, -0.2) is 0 Å². The normalized spacial score (nSPS) is 16.1. The number of amides is 1. The summed E-state index contributed by atoms with van der Waals surface area (Å²) in [5, 5.41) is 2.84. The maximum Gasteiger partial charge on any atom is 0.236 e. The lowest BCUT2D eigenvalue weighted by molar-refractivity contribution is -0.122. The quantitative estimate of drug-likeness (QED) is 0.839. The van der Waals surface area contributed by atoms with E-state index in [9.17, 15) is 4.79 Å². The molecule has 1 aliphatic rings. The Hall–Kier alpha value is -1.55. The zero-order chi connectivity index (χ0) is 13.1. The maximum atomic E-state index is 11.4. The monoisotopic (exact) mass is 247 g/mol. The minimum Gasteiger partial charge on any atom is -0.374 e. The summed E-state index contributed by atoms with van der Waals surface area (Å²) in [6.07, 6.45) is 2.31. The summed E-state index contributed by atoms with van der Waals surface area (Å²) in [6, 6.07) is 5.95. The number of carbonyl (C=O) groups excluding carboxylic acids is 1. The molecule has 0 aliphatic carbocycles. The Balaban J connectivity index is 2.05. The van der Waals surface area contributed by atoms with Crippen LogP contribution in [0.4, 0.5) is 5.69 Å². The van der Waals surface area contributed by atoms with Crippen LogP contribution in [-0.2, 0) is 17.8 Å². The zero-order valence-electron chi connectivity index (χ0n) is 11.1. The molecule has 1 atom stereocenters. The van der Waals surface area contributed by atoms with Gasteiger partial charge in [-0.2, -0.15) is 0 Å². The molecular formula is C14H21N3O. The van der Waals surface area contributed by atoms with Crippen LogP contribution in [-0.4, -0.2) is 25.5 Å². The van der Waals surface area contributed by atoms with E-state index in [1.807, 2.05) is 0 Å². The minimum absolute atomic E-state index is 0.107. The predicted octanol–water partition coefficient (Wildman–Crippen LogP) is 1.03. The summed E-state index contributed by atoms with van der Waals surface area (Å²) in [4.78, 5) is 13.7. The van der Waals surface area contributed by atoms with E-state index in [2.05, 4.69) is 35.5 Å². The van der Waals surface area contributed by atoms with Gasteiger partial charge in [0.1, 0.15) is 0 Å². The second-order valence-electron chi connectivity index (χ2n) is 4.99. The fraction of sp³-hybridized carbons (Fsp3) is 0.500. The van der Waals surface area contributed by atoms with Gasteiger partial charge in [0.2, 0.25) is 5.91 Å². The van der Waals surface area contributed by atoms with E-state index >= 15 is 0 Å². The maximum absolute atomic E-state index is 11.4. The second-order valence-corrected chi connectivity index (χ2v) is 4.99. The molecule has 1 amide bonds. The summed E-state index contributed by atoms with van der Waals surface area (Å²) in [5.74, 6) is -0.107. The highest BCUT2D eigenvalue weighted by Crippen LogP contribution is 2.26. The fourth-order valence-corrected chi connectivity index (χ4v) is 2.30. The standard InChI is InChI=1S/C14H21N3O/c1-10(15)14(18)16-9-11-5-6-13-12(8-11)4-3-7-17(13)2/h5-6,8,10H,3-4,7,9,15H2,1-2H3,(H,16,18)/t10-/m1/s1. The number of fused-ring (bicyclic) bond motifs is 1. The Kier molecular flexibility index (Phi) is 3.87. The number of nitrogens with one attached hydrogen (secondary N) is 1. The van der Waals surface area contributed by atoms with Gasteiger partial charge in [-0.05, 0) is 37.0 Å². The SMILES string of the molecule is C[C@@H](N)C(=O)NCc1ccc2c(c1)CCCN2C. The molecule has 2 rings (SSSR count). The lowest BCUT2D eigenvalue weighted by Crippen LogP contribution is -2.37. The Morgan fingerprint density at radius 3 is 3.06 bits per heavy atom. The third-order valence-corrected chi connectivity index (χ3v) is 3.38. The molecule has 0 bridgehead atoms. The number of hydrogen-bond donors (Lipinski definition) is 2. The molecule has 0 spiro atoms. The molecular weight excluding hydrogens is 226 g/mol. The molecule has 4 nitrogen and oxygen atoms in total. The average Bonchev–Trinajstić information content (AvgIpc) is 2.36. The molecule has 1 heterocycles. The van der Waals surface area contributed by atoms with Crippen LogP contribution in [0.2, 0.25) is 0 Å². The van der Waals surface area contributed by atoms with E-state index in [1.54, 1.807) is 6.92 Å². The molecule has 1 aromatic rings. The first-order valence-corrected chi connectivity index (χ1v) is 6.44. The number of aryl methyl sites for hydroxylation is 1. The fourth-order valence-electron chi connectivity index (χ4n) is 2.30. The summed E-state index contributed by atoms with van der Waals surface area (Å²) in [6.45, 7) is 3.36. The van der Waals surface area contributed by atoms with E-state index in [0.29, 0.717) is 6.54 Å². The Labute approximate surface area is 108 Å². The van der Waals surface area contributed by atoms with E-state index < -0.39 is 6.04 Å². The lowest BCUT2D eigenvalue weighted by atomic mass is 9.99. The van der Waals surface area contributed by atoms with Gasteiger partial charge in [0.25, 0.3) is 0 Å². The number of anilines is 1. The Morgan fingerprint density at radius 1 is 1.56 bits per heavy atom. The van der Waals surface area contributed by atoms with Crippen molar-refractivity contribution in [1.82, 2.24) is 5.32 Å². The molecule has 4 heteroatoms. The van der Waals surface area contributed by atoms with Crippen LogP contribution in [0.15, 0.2) is 18.2 Å². The van der Waals surface area contributed by atoms with Gasteiger partial charge in [0, 0.05) is 25.8 Å². The molecule has 0 radical (unpaired) electrons. The number of benzene rings is 1. The summed E-state index contributed by atoms with van der Waals surface area (Å²) >= 11 is 0. The number of hydrogen-bond acceptors (Lipinski definition) is 3. The summed E-state index contributed by atoms with van der Waals surface area (Å²) in [7, 11) is 2.12. The molecule has 1 aromatic carbocycles. The molecule has 0 unspecified atom stereocenters. The van der Waals surface area contributed by atoms with Gasteiger partial charge in [-0.3, -0.25) is 4.79 Å². The molecule has 98 valence electrons. The van der Waals surface area contributed by atoms with Crippen molar-refractivity contribution < 1.29 is 4.79 Å². The number of rotatable bonds is 3. The van der Waals surface area contributed by atoms with Crippen LogP contribution in [0, 0.1) is 0 Å². The predicted molar refractivity (Wildman–Crippen MR) is 73.5 cm³/mol. The van der Waals surface area contributed by atoms with E-state index in [1.165, 1.54) is 17.7 Å². The van der Waals surface area contributed by atoms with E-state index in [4.69, 9.17) is 5.73 Å². The van der Waals surface area contributed by atoms with Gasteiger partial charge >= 0.3 is 0 Å². The third-order valence-electron chi connectivity index (χ3n) is 3.38. The largest absolute Gasteiger partial charge is 0.374 e. The van der Waals surface area contributed by atoms with Gasteiger partial charge in [0.05, 0.1) is 6.04 Å². The van der Waals surface area contributed by atoms with E-state index in [-0.39, 0.29) is 5.91 Å². The highest BCUT2D eigenvalue weighted by molar-refractivity contribution is 5.80. The first kappa shape index (κ1) is 12.9. The van der Waals surface area contributed by atoms with Crippen LogP contribution >= 0.6 is 0 Å². The lowest BCUT2D eigenvalue weighted by Gasteiger charge is -2.27. The molecule has 0 saturated carbocycles. The average molecular weight is 247 g/mol. The van der Waals surface area contributed by atoms with Gasteiger partial charge in [-0.15, -0.1) is 0 Å². The van der Waals surface area contributed by atoms with Crippen molar-refractivity contribution in [1.29, 1.82) is 0 Å². The van der Waals surface area contributed by atoms with Crippen LogP contribution in [0.25, 0.3) is 0 Å². The number of nitrogens with zero attached hydrogens (tertiary/aromatic N) is 1. The first-order chi connectivity index (χ1) is 8.58. The molecule has 0 aromatic heterocycles. The van der Waals surface area contributed by atoms with E-state index in [0.717, 1.165) is 18.5 Å². The molecule has 0 fully saturated rings. The van der Waals surface area contributed by atoms with Crippen LogP contribution in [0.3, 0.4) is 0 Å². The van der Waals surface area contributed by atoms with Crippen molar-refractivity contribution in [2.75, 3.05) is 18.5 Å². The molecule has 0 saturated heterocycles. The summed E-state index contributed by atoms with van der Waals surface area (Å²) in [5.41, 5.74) is 9.33. The molecule has 1 aliphatic heterocycles. The first-order valence-electron chi connectivity index (χ1n) is 6.44. The summed E-state index contributed by atoms with van der Waals surface area (Å²) < 4.78 is 0. The third kappa shape index (κ3) is 2.82. The van der Waals surface area contributed by atoms with Crippen molar-refractivity contribution in [2.24, 2.45) is 5.73 Å². The van der Waals surface area contributed by atoms with Crippen LogP contribution in [0.1, 0.15) is 24.5 Å².